The average molecular weight is 264 g/mol. The van der Waals surface area contributed by atoms with Gasteiger partial charge < -0.3 is 0 Å². The number of hydrogen-bond acceptors (Lipinski definition) is 2. The van der Waals surface area contributed by atoms with Gasteiger partial charge in [-0.05, 0) is 47.9 Å². The highest BCUT2D eigenvalue weighted by Gasteiger charge is 2.60. The van der Waals surface area contributed by atoms with Gasteiger partial charge in [0.25, 0.3) is 0 Å². The first-order valence-corrected chi connectivity index (χ1v) is 7.47. The van der Waals surface area contributed by atoms with Gasteiger partial charge in [0.05, 0.1) is 17.1 Å². The van der Waals surface area contributed by atoms with Gasteiger partial charge in [-0.25, -0.2) is 0 Å². The maximum absolute atomic E-state index is 5.01. The summed E-state index contributed by atoms with van der Waals surface area (Å²) >= 11 is 0. The van der Waals surface area contributed by atoms with Gasteiger partial charge in [-0.3, -0.25) is 9.97 Å². The molecule has 1 saturated carbocycles. The van der Waals surface area contributed by atoms with Crippen LogP contribution in [0.4, 0.5) is 0 Å². The highest BCUT2D eigenvalue weighted by atomic mass is 14.8. The van der Waals surface area contributed by atoms with E-state index in [2.05, 4.69) is 37.9 Å². The van der Waals surface area contributed by atoms with Crippen molar-refractivity contribution in [2.75, 3.05) is 0 Å². The largest absolute Gasteiger partial charge is 0.255 e. The minimum Gasteiger partial charge on any atom is -0.255 e. The molecule has 0 aromatic carbocycles. The van der Waals surface area contributed by atoms with Gasteiger partial charge in [0.1, 0.15) is 0 Å². The molecule has 102 valence electrons. The van der Waals surface area contributed by atoms with Crippen LogP contribution in [0, 0.1) is 5.41 Å². The van der Waals surface area contributed by atoms with Crippen molar-refractivity contribution in [3.05, 3.63) is 47.8 Å². The Balaban J connectivity index is 1.90. The zero-order chi connectivity index (χ0) is 14.0. The Kier molecular flexibility index (Phi) is 2.23. The molecule has 0 unspecified atom stereocenters. The molecule has 2 atom stereocenters. The van der Waals surface area contributed by atoms with Gasteiger partial charge in [-0.15, -0.1) is 0 Å². The summed E-state index contributed by atoms with van der Waals surface area (Å²) in [5.74, 6) is 0.674. The molecule has 20 heavy (non-hydrogen) atoms. The second kappa shape index (κ2) is 3.69. The molecule has 0 N–H and O–H groups in total. The van der Waals surface area contributed by atoms with Crippen LogP contribution in [-0.2, 0) is 5.41 Å². The van der Waals surface area contributed by atoms with Crippen molar-refractivity contribution < 1.29 is 0 Å². The van der Waals surface area contributed by atoms with E-state index in [4.69, 9.17) is 4.98 Å². The van der Waals surface area contributed by atoms with E-state index >= 15 is 0 Å². The third kappa shape index (κ3) is 1.29. The Morgan fingerprint density at radius 2 is 1.90 bits per heavy atom. The molecule has 4 rings (SSSR count). The molecule has 2 bridgehead atoms. The Morgan fingerprint density at radius 1 is 1.05 bits per heavy atom. The second-order valence-electron chi connectivity index (χ2n) is 6.99. The van der Waals surface area contributed by atoms with Crippen LogP contribution in [0.1, 0.15) is 50.8 Å². The number of nitrogens with zero attached hydrogens (tertiary/aromatic N) is 2. The quantitative estimate of drug-likeness (QED) is 0.766. The summed E-state index contributed by atoms with van der Waals surface area (Å²) < 4.78 is 0. The predicted molar refractivity (Wildman–Crippen MR) is 80.6 cm³/mol. The van der Waals surface area contributed by atoms with E-state index in [1.807, 2.05) is 24.4 Å². The van der Waals surface area contributed by atoms with E-state index in [1.165, 1.54) is 24.1 Å². The third-order valence-electron chi connectivity index (χ3n) is 5.98. The van der Waals surface area contributed by atoms with Gasteiger partial charge in [-0.1, -0.05) is 32.9 Å². The summed E-state index contributed by atoms with van der Waals surface area (Å²) in [5.41, 5.74) is 5.32. The van der Waals surface area contributed by atoms with Crippen molar-refractivity contribution >= 4 is 0 Å². The molecule has 0 aliphatic heterocycles. The fraction of sp³-hybridized carbons (Fsp3) is 0.444. The minimum absolute atomic E-state index is 0.220. The summed E-state index contributed by atoms with van der Waals surface area (Å²) in [7, 11) is 0. The van der Waals surface area contributed by atoms with Crippen LogP contribution in [0.15, 0.2) is 36.5 Å². The Morgan fingerprint density at radius 3 is 2.65 bits per heavy atom. The molecule has 0 amide bonds. The van der Waals surface area contributed by atoms with Crippen molar-refractivity contribution in [2.45, 2.75) is 44.9 Å². The lowest BCUT2D eigenvalue weighted by atomic mass is 9.70. The fourth-order valence-corrected chi connectivity index (χ4v) is 4.32. The molecule has 2 aliphatic carbocycles. The van der Waals surface area contributed by atoms with Crippen LogP contribution in [0.25, 0.3) is 11.4 Å². The van der Waals surface area contributed by atoms with Gasteiger partial charge in [0.2, 0.25) is 0 Å². The van der Waals surface area contributed by atoms with Crippen LogP contribution in [-0.4, -0.2) is 9.97 Å². The molecular weight excluding hydrogens is 244 g/mol. The highest BCUT2D eigenvalue weighted by Crippen LogP contribution is 2.67. The summed E-state index contributed by atoms with van der Waals surface area (Å²) in [6.07, 6.45) is 4.40. The third-order valence-corrected chi connectivity index (χ3v) is 5.98. The van der Waals surface area contributed by atoms with Crippen molar-refractivity contribution in [2.24, 2.45) is 5.41 Å². The van der Waals surface area contributed by atoms with Crippen LogP contribution in [0.2, 0.25) is 0 Å². The summed E-state index contributed by atoms with van der Waals surface area (Å²) in [5, 5.41) is 0. The average Bonchev–Trinajstić information content (AvgIpc) is 2.80. The molecule has 2 aromatic rings. The fourth-order valence-electron chi connectivity index (χ4n) is 4.32. The summed E-state index contributed by atoms with van der Waals surface area (Å²) in [6, 6.07) is 10.4. The predicted octanol–water partition coefficient (Wildman–Crippen LogP) is 4.32. The van der Waals surface area contributed by atoms with E-state index < -0.39 is 0 Å². The topological polar surface area (TPSA) is 25.8 Å². The first-order valence-electron chi connectivity index (χ1n) is 7.47. The molecule has 0 spiro atoms. The summed E-state index contributed by atoms with van der Waals surface area (Å²) in [6.45, 7) is 7.22. The molecule has 2 nitrogen and oxygen atoms in total. The van der Waals surface area contributed by atoms with Crippen LogP contribution in [0.3, 0.4) is 0 Å². The van der Waals surface area contributed by atoms with Crippen molar-refractivity contribution in [3.8, 4) is 11.4 Å². The highest BCUT2D eigenvalue weighted by molar-refractivity contribution is 5.57. The molecule has 1 fully saturated rings. The SMILES string of the molecule is CC1(C)[C@@H]2CC[C@@]1(C)c1nc(-c3ccccn3)ccc12. The van der Waals surface area contributed by atoms with Gasteiger partial charge in [0, 0.05) is 11.6 Å². The Bertz CT molecular complexity index is 675. The zero-order valence-corrected chi connectivity index (χ0v) is 12.4. The van der Waals surface area contributed by atoms with Crippen molar-refractivity contribution in [3.63, 3.8) is 0 Å². The van der Waals surface area contributed by atoms with E-state index in [1.54, 1.807) is 0 Å². The molecular formula is C18H20N2. The van der Waals surface area contributed by atoms with Crippen LogP contribution in [0.5, 0.6) is 0 Å². The Hall–Kier alpha value is -1.70. The maximum atomic E-state index is 5.01. The standard InChI is InChI=1S/C18H20N2/c1-17(2)13-9-10-18(17,3)16-12(13)7-8-15(20-16)14-6-4-5-11-19-14/h4-8,11,13H,9-10H2,1-3H3/t13-,18+/m1/s1. The molecule has 0 saturated heterocycles. The lowest BCUT2D eigenvalue weighted by Gasteiger charge is -2.34. The van der Waals surface area contributed by atoms with E-state index in [9.17, 15) is 0 Å². The van der Waals surface area contributed by atoms with Gasteiger partial charge in [-0.2, -0.15) is 0 Å². The first kappa shape index (κ1) is 12.1. The number of fused-ring (bicyclic) bond motifs is 5. The number of pyridine rings is 2. The maximum Gasteiger partial charge on any atom is 0.0889 e. The molecule has 0 radical (unpaired) electrons. The zero-order valence-electron chi connectivity index (χ0n) is 12.4. The minimum atomic E-state index is 0.220. The summed E-state index contributed by atoms with van der Waals surface area (Å²) in [4.78, 5) is 9.44. The monoisotopic (exact) mass is 264 g/mol. The van der Waals surface area contributed by atoms with Crippen LogP contribution < -0.4 is 0 Å². The number of aromatic nitrogens is 2. The first-order chi connectivity index (χ1) is 9.54. The van der Waals surface area contributed by atoms with E-state index in [0.717, 1.165) is 11.4 Å². The van der Waals surface area contributed by atoms with Crippen LogP contribution >= 0.6 is 0 Å². The lowest BCUT2D eigenvalue weighted by molar-refractivity contribution is 0.227. The lowest BCUT2D eigenvalue weighted by Crippen LogP contribution is -2.32. The van der Waals surface area contributed by atoms with Crippen molar-refractivity contribution in [1.29, 1.82) is 0 Å². The number of hydrogen-bond donors (Lipinski definition) is 0. The molecule has 2 heterocycles. The molecule has 2 aliphatic rings. The second-order valence-corrected chi connectivity index (χ2v) is 6.99. The number of rotatable bonds is 1. The van der Waals surface area contributed by atoms with Gasteiger partial charge in [0.15, 0.2) is 0 Å². The van der Waals surface area contributed by atoms with Gasteiger partial charge >= 0.3 is 0 Å². The van der Waals surface area contributed by atoms with E-state index in [0.29, 0.717) is 11.3 Å². The van der Waals surface area contributed by atoms with Crippen molar-refractivity contribution in [1.82, 2.24) is 9.97 Å². The Labute approximate surface area is 120 Å². The molecule has 2 aromatic heterocycles. The molecule has 2 heteroatoms. The normalized spacial score (nSPS) is 29.4. The smallest absolute Gasteiger partial charge is 0.0889 e. The van der Waals surface area contributed by atoms with E-state index in [-0.39, 0.29) is 5.41 Å².